The second-order valence-electron chi connectivity index (χ2n) is 5.49. The molecule has 1 aromatic rings. The highest BCUT2D eigenvalue weighted by molar-refractivity contribution is 5.14. The van der Waals surface area contributed by atoms with Crippen LogP contribution in [-0.2, 0) is 20.8 Å². The maximum absolute atomic E-state index is 10.8. The van der Waals surface area contributed by atoms with E-state index in [9.17, 15) is 15.3 Å². The predicted molar refractivity (Wildman–Crippen MR) is 87.0 cm³/mol. The lowest BCUT2D eigenvalue weighted by Gasteiger charge is -2.46. The SMILES string of the molecule is C=CCOC1O[C@H](CO)[C@@H](O)[C@H](OCc2ccccc2)[C@]1(O)N=[N+]=[N-]. The summed E-state index contributed by atoms with van der Waals surface area (Å²) in [7, 11) is 0. The Labute approximate surface area is 144 Å². The van der Waals surface area contributed by atoms with E-state index < -0.39 is 36.9 Å². The minimum atomic E-state index is -2.32. The van der Waals surface area contributed by atoms with Crippen LogP contribution >= 0.6 is 0 Å². The summed E-state index contributed by atoms with van der Waals surface area (Å²) >= 11 is 0. The summed E-state index contributed by atoms with van der Waals surface area (Å²) in [6.07, 6.45) is -3.91. The molecule has 0 bridgehead atoms. The second kappa shape index (κ2) is 8.93. The zero-order valence-corrected chi connectivity index (χ0v) is 13.5. The van der Waals surface area contributed by atoms with Crippen LogP contribution in [0.3, 0.4) is 0 Å². The molecule has 3 N–H and O–H groups in total. The Kier molecular flexibility index (Phi) is 6.91. The molecule has 1 heterocycles. The van der Waals surface area contributed by atoms with Crippen LogP contribution in [-0.4, -0.2) is 58.9 Å². The molecule has 1 saturated heterocycles. The molecule has 0 amide bonds. The van der Waals surface area contributed by atoms with Gasteiger partial charge in [-0.3, -0.25) is 0 Å². The molecule has 0 aromatic heterocycles. The van der Waals surface area contributed by atoms with Crippen molar-refractivity contribution in [3.63, 3.8) is 0 Å². The molecule has 25 heavy (non-hydrogen) atoms. The lowest BCUT2D eigenvalue weighted by atomic mass is 9.93. The molecule has 9 heteroatoms. The zero-order chi connectivity index (χ0) is 18.3. The standard InChI is InChI=1S/C16H21N3O6/c1-2-8-23-15-16(22,18-19-17)14(13(21)12(9-20)25-15)24-10-11-6-4-3-5-7-11/h2-7,12-15,20-22H,1,8-10H2/t12-,13-,14+,15?,16-/m1/s1. The Hall–Kier alpha value is -1.97. The van der Waals surface area contributed by atoms with Gasteiger partial charge >= 0.3 is 0 Å². The third-order valence-corrected chi connectivity index (χ3v) is 3.78. The molecule has 1 aliphatic heterocycles. The van der Waals surface area contributed by atoms with Gasteiger partial charge in [0, 0.05) is 4.91 Å². The van der Waals surface area contributed by atoms with Crippen molar-refractivity contribution in [1.82, 2.24) is 0 Å². The quantitative estimate of drug-likeness (QED) is 0.275. The van der Waals surface area contributed by atoms with Crippen LogP contribution in [0.5, 0.6) is 0 Å². The first kappa shape index (κ1) is 19.4. The molecule has 0 radical (unpaired) electrons. The molecule has 1 unspecified atom stereocenters. The van der Waals surface area contributed by atoms with Crippen molar-refractivity contribution in [2.45, 2.75) is 36.9 Å². The van der Waals surface area contributed by atoms with Crippen molar-refractivity contribution in [2.75, 3.05) is 13.2 Å². The third kappa shape index (κ3) is 4.36. The highest BCUT2D eigenvalue weighted by Gasteiger charge is 2.56. The molecule has 1 aliphatic rings. The number of benzene rings is 1. The number of rotatable bonds is 8. The number of aliphatic hydroxyl groups is 3. The van der Waals surface area contributed by atoms with Gasteiger partial charge in [0.1, 0.15) is 18.3 Å². The largest absolute Gasteiger partial charge is 0.394 e. The first-order valence-electron chi connectivity index (χ1n) is 7.67. The Morgan fingerprint density at radius 2 is 2.08 bits per heavy atom. The van der Waals surface area contributed by atoms with Crippen molar-refractivity contribution in [3.05, 3.63) is 59.0 Å². The summed E-state index contributed by atoms with van der Waals surface area (Å²) in [6, 6.07) is 9.06. The van der Waals surface area contributed by atoms with Crippen molar-refractivity contribution < 1.29 is 29.5 Å². The average Bonchev–Trinajstić information content (AvgIpc) is 2.62. The van der Waals surface area contributed by atoms with Crippen molar-refractivity contribution >= 4 is 0 Å². The molecule has 2 rings (SSSR count). The van der Waals surface area contributed by atoms with E-state index in [1.54, 1.807) is 12.1 Å². The van der Waals surface area contributed by atoms with E-state index in [1.807, 2.05) is 18.2 Å². The van der Waals surface area contributed by atoms with Crippen molar-refractivity contribution in [2.24, 2.45) is 5.11 Å². The summed E-state index contributed by atoms with van der Waals surface area (Å²) < 4.78 is 16.3. The smallest absolute Gasteiger partial charge is 0.223 e. The lowest BCUT2D eigenvalue weighted by Crippen LogP contribution is -2.67. The third-order valence-electron chi connectivity index (χ3n) is 3.78. The van der Waals surface area contributed by atoms with E-state index >= 15 is 0 Å². The van der Waals surface area contributed by atoms with Crippen LogP contribution in [0, 0.1) is 0 Å². The minimum absolute atomic E-state index is 0.00637. The van der Waals surface area contributed by atoms with Crippen molar-refractivity contribution in [3.8, 4) is 0 Å². The molecule has 5 atom stereocenters. The minimum Gasteiger partial charge on any atom is -0.394 e. The van der Waals surface area contributed by atoms with Gasteiger partial charge in [0.15, 0.2) is 6.29 Å². The van der Waals surface area contributed by atoms with E-state index in [-0.39, 0.29) is 13.2 Å². The highest BCUT2D eigenvalue weighted by Crippen LogP contribution is 2.34. The van der Waals surface area contributed by atoms with Gasteiger partial charge < -0.3 is 29.5 Å². The fraction of sp³-hybridized carbons (Fsp3) is 0.500. The van der Waals surface area contributed by atoms with Crippen LogP contribution in [0.25, 0.3) is 10.4 Å². The lowest BCUT2D eigenvalue weighted by molar-refractivity contribution is -0.345. The normalized spacial score (nSPS) is 32.0. The van der Waals surface area contributed by atoms with Crippen LogP contribution in [0.1, 0.15) is 5.56 Å². The van der Waals surface area contributed by atoms with Crippen molar-refractivity contribution in [1.29, 1.82) is 0 Å². The fourth-order valence-electron chi connectivity index (χ4n) is 2.55. The topological polar surface area (TPSA) is 137 Å². The molecule has 0 aliphatic carbocycles. The summed E-state index contributed by atoms with van der Waals surface area (Å²) in [6.45, 7) is 2.99. The molecule has 1 aromatic carbocycles. The molecule has 136 valence electrons. The van der Waals surface area contributed by atoms with E-state index in [0.29, 0.717) is 0 Å². The van der Waals surface area contributed by atoms with Gasteiger partial charge in [-0.1, -0.05) is 41.5 Å². The van der Waals surface area contributed by atoms with E-state index in [0.717, 1.165) is 5.56 Å². The second-order valence-corrected chi connectivity index (χ2v) is 5.49. The Balaban J connectivity index is 2.27. The molecular formula is C16H21N3O6. The van der Waals surface area contributed by atoms with E-state index in [4.69, 9.17) is 19.7 Å². The fourth-order valence-corrected chi connectivity index (χ4v) is 2.55. The van der Waals surface area contributed by atoms with Crippen LogP contribution in [0.15, 0.2) is 48.1 Å². The highest BCUT2D eigenvalue weighted by atomic mass is 16.7. The van der Waals surface area contributed by atoms with Gasteiger partial charge in [-0.25, -0.2) is 0 Å². The van der Waals surface area contributed by atoms with Gasteiger partial charge in [0.2, 0.25) is 5.72 Å². The zero-order valence-electron chi connectivity index (χ0n) is 13.5. The predicted octanol–water partition coefficient (Wildman–Crippen LogP) is 0.851. The van der Waals surface area contributed by atoms with Crippen LogP contribution in [0.2, 0.25) is 0 Å². The number of hydrogen-bond donors (Lipinski definition) is 3. The Morgan fingerprint density at radius 1 is 1.36 bits per heavy atom. The number of hydrogen-bond acceptors (Lipinski definition) is 7. The molecule has 1 fully saturated rings. The number of aliphatic hydroxyl groups excluding tert-OH is 2. The first-order valence-corrected chi connectivity index (χ1v) is 7.67. The first-order chi connectivity index (χ1) is 12.1. The number of nitrogens with zero attached hydrogens (tertiary/aromatic N) is 3. The number of azide groups is 1. The molecule has 9 nitrogen and oxygen atoms in total. The average molecular weight is 351 g/mol. The van der Waals surface area contributed by atoms with Gasteiger partial charge in [0.05, 0.1) is 19.8 Å². The van der Waals surface area contributed by atoms with E-state index in [2.05, 4.69) is 16.6 Å². The summed E-state index contributed by atoms with van der Waals surface area (Å²) in [5.74, 6) is 0. The van der Waals surface area contributed by atoms with Crippen LogP contribution in [0.4, 0.5) is 0 Å². The monoisotopic (exact) mass is 351 g/mol. The van der Waals surface area contributed by atoms with Gasteiger partial charge in [-0.15, -0.1) is 6.58 Å². The van der Waals surface area contributed by atoms with E-state index in [1.165, 1.54) is 6.08 Å². The van der Waals surface area contributed by atoms with Gasteiger partial charge in [-0.2, -0.15) is 0 Å². The van der Waals surface area contributed by atoms with Gasteiger partial charge in [-0.05, 0) is 11.1 Å². The van der Waals surface area contributed by atoms with Crippen LogP contribution < -0.4 is 0 Å². The molecule has 0 spiro atoms. The Morgan fingerprint density at radius 3 is 2.68 bits per heavy atom. The van der Waals surface area contributed by atoms with Gasteiger partial charge in [0.25, 0.3) is 0 Å². The molecular weight excluding hydrogens is 330 g/mol. The maximum atomic E-state index is 10.8. The maximum Gasteiger partial charge on any atom is 0.223 e. The molecule has 0 saturated carbocycles. The summed E-state index contributed by atoms with van der Waals surface area (Å²) in [4.78, 5) is 2.62. The Bertz CT molecular complexity index is 609. The summed E-state index contributed by atoms with van der Waals surface area (Å²) in [5, 5.41) is 33.9. The summed E-state index contributed by atoms with van der Waals surface area (Å²) in [5.41, 5.74) is 7.28. The number of ether oxygens (including phenoxy) is 3.